The highest BCUT2D eigenvalue weighted by Crippen LogP contribution is 2.39. The van der Waals surface area contributed by atoms with Crippen molar-refractivity contribution in [3.05, 3.63) is 36.0 Å². The lowest BCUT2D eigenvalue weighted by Crippen LogP contribution is -2.37. The van der Waals surface area contributed by atoms with Crippen LogP contribution in [0, 0.1) is 0 Å². The molecule has 0 amide bonds. The fraction of sp³-hybridized carbons (Fsp3) is 0.579. The van der Waals surface area contributed by atoms with Crippen LogP contribution < -0.4 is 9.47 Å². The Labute approximate surface area is 148 Å². The number of methoxy groups -OCH3 is 1. The highest BCUT2D eigenvalue weighted by molar-refractivity contribution is 5.39. The number of para-hydroxylation sites is 2. The van der Waals surface area contributed by atoms with Gasteiger partial charge in [-0.25, -0.2) is 0 Å². The molecule has 0 radical (unpaired) electrons. The van der Waals surface area contributed by atoms with E-state index in [-0.39, 0.29) is 0 Å². The van der Waals surface area contributed by atoms with Crippen LogP contribution in [-0.4, -0.2) is 48.4 Å². The van der Waals surface area contributed by atoms with Crippen LogP contribution in [0.5, 0.6) is 11.5 Å². The predicted octanol–water partition coefficient (Wildman–Crippen LogP) is 3.21. The van der Waals surface area contributed by atoms with Gasteiger partial charge in [0.25, 0.3) is 0 Å². The molecule has 0 spiro atoms. The lowest BCUT2D eigenvalue weighted by molar-refractivity contribution is 0.165. The van der Waals surface area contributed by atoms with E-state index in [2.05, 4.69) is 15.0 Å². The quantitative estimate of drug-likeness (QED) is 0.769. The zero-order chi connectivity index (χ0) is 17.1. The van der Waals surface area contributed by atoms with Gasteiger partial charge < -0.3 is 14.0 Å². The van der Waals surface area contributed by atoms with Gasteiger partial charge in [-0.15, -0.1) is 0 Å². The maximum absolute atomic E-state index is 5.90. The van der Waals surface area contributed by atoms with Crippen LogP contribution in [0.1, 0.15) is 49.2 Å². The van der Waals surface area contributed by atoms with E-state index in [9.17, 15) is 0 Å². The fourth-order valence-electron chi connectivity index (χ4n) is 3.40. The highest BCUT2D eigenvalue weighted by Gasteiger charge is 2.32. The zero-order valence-electron chi connectivity index (χ0n) is 14.7. The van der Waals surface area contributed by atoms with Gasteiger partial charge in [0.2, 0.25) is 5.89 Å². The second kappa shape index (κ2) is 7.44. The lowest BCUT2D eigenvalue weighted by Gasteiger charge is -2.31. The molecule has 0 unspecified atom stereocenters. The molecule has 1 aliphatic carbocycles. The van der Waals surface area contributed by atoms with Gasteiger partial charge in [-0.3, -0.25) is 4.90 Å². The van der Waals surface area contributed by atoms with Gasteiger partial charge in [0.05, 0.1) is 7.11 Å². The van der Waals surface area contributed by atoms with Crippen molar-refractivity contribution in [2.75, 3.05) is 33.4 Å². The second-order valence-electron chi connectivity index (χ2n) is 6.90. The summed E-state index contributed by atoms with van der Waals surface area (Å²) in [5.41, 5.74) is 0. The summed E-state index contributed by atoms with van der Waals surface area (Å²) in [4.78, 5) is 7.06. The van der Waals surface area contributed by atoms with Crippen molar-refractivity contribution in [3.8, 4) is 11.5 Å². The summed E-state index contributed by atoms with van der Waals surface area (Å²) in [6.07, 6.45) is 4.68. The van der Waals surface area contributed by atoms with Crippen molar-refractivity contribution < 1.29 is 14.0 Å². The van der Waals surface area contributed by atoms with Crippen LogP contribution in [0.2, 0.25) is 0 Å². The van der Waals surface area contributed by atoms with Crippen LogP contribution in [-0.2, 0) is 0 Å². The van der Waals surface area contributed by atoms with E-state index in [0.717, 1.165) is 55.7 Å². The van der Waals surface area contributed by atoms with Crippen molar-refractivity contribution in [2.45, 2.75) is 37.5 Å². The lowest BCUT2D eigenvalue weighted by atomic mass is 9.97. The molecule has 2 fully saturated rings. The molecule has 1 aromatic heterocycles. The Morgan fingerprint density at radius 3 is 2.80 bits per heavy atom. The van der Waals surface area contributed by atoms with Crippen LogP contribution in [0.25, 0.3) is 0 Å². The van der Waals surface area contributed by atoms with E-state index in [4.69, 9.17) is 14.0 Å². The first kappa shape index (κ1) is 16.4. The number of likely N-dealkylation sites (tertiary alicyclic amines) is 1. The van der Waals surface area contributed by atoms with Crippen LogP contribution >= 0.6 is 0 Å². The summed E-state index contributed by atoms with van der Waals surface area (Å²) in [5.74, 6) is 4.19. The van der Waals surface area contributed by atoms with Crippen LogP contribution in [0.15, 0.2) is 28.8 Å². The molecule has 1 saturated carbocycles. The average Bonchev–Trinajstić information content (AvgIpc) is 3.39. The molecule has 1 aliphatic heterocycles. The van der Waals surface area contributed by atoms with E-state index < -0.39 is 0 Å². The molecule has 6 nitrogen and oxygen atoms in total. The Hall–Kier alpha value is -2.08. The van der Waals surface area contributed by atoms with Gasteiger partial charge in [-0.05, 0) is 44.4 Å². The summed E-state index contributed by atoms with van der Waals surface area (Å²) in [6.45, 7) is 3.60. The normalized spacial score (nSPS) is 21.2. The number of aromatic nitrogens is 2. The van der Waals surface area contributed by atoms with Crippen LogP contribution in [0.3, 0.4) is 0 Å². The van der Waals surface area contributed by atoms with Gasteiger partial charge in [0.15, 0.2) is 17.3 Å². The van der Waals surface area contributed by atoms with Crippen molar-refractivity contribution in [1.82, 2.24) is 15.0 Å². The maximum Gasteiger partial charge on any atom is 0.229 e. The third-order valence-corrected chi connectivity index (χ3v) is 4.99. The molecule has 0 bridgehead atoms. The third kappa shape index (κ3) is 3.95. The number of hydrogen-bond donors (Lipinski definition) is 0. The summed E-state index contributed by atoms with van der Waals surface area (Å²) in [5, 5.41) is 4.23. The van der Waals surface area contributed by atoms with E-state index in [1.165, 1.54) is 12.8 Å². The Balaban J connectivity index is 1.29. The molecular weight excluding hydrogens is 318 g/mol. The summed E-state index contributed by atoms with van der Waals surface area (Å²) in [7, 11) is 1.66. The number of piperidine rings is 1. The summed E-state index contributed by atoms with van der Waals surface area (Å²) in [6, 6.07) is 7.76. The molecule has 1 saturated heterocycles. The standard InChI is InChI=1S/C19H25N3O3/c1-23-16-6-2-3-7-17(16)24-12-11-22-10-4-5-15(13-22)18-20-19(25-21-18)14-8-9-14/h2-3,6-7,14-15H,4-5,8-13H2,1H3/t15-/m1/s1. The summed E-state index contributed by atoms with van der Waals surface area (Å²) >= 11 is 0. The number of hydrogen-bond acceptors (Lipinski definition) is 6. The predicted molar refractivity (Wildman–Crippen MR) is 93.2 cm³/mol. The van der Waals surface area contributed by atoms with Crippen molar-refractivity contribution in [3.63, 3.8) is 0 Å². The van der Waals surface area contributed by atoms with Gasteiger partial charge >= 0.3 is 0 Å². The Morgan fingerprint density at radius 2 is 2.00 bits per heavy atom. The molecule has 0 N–H and O–H groups in total. The van der Waals surface area contributed by atoms with E-state index in [1.54, 1.807) is 7.11 Å². The zero-order valence-corrected chi connectivity index (χ0v) is 14.7. The van der Waals surface area contributed by atoms with E-state index >= 15 is 0 Å². The van der Waals surface area contributed by atoms with Crippen molar-refractivity contribution in [2.24, 2.45) is 0 Å². The molecule has 25 heavy (non-hydrogen) atoms. The minimum Gasteiger partial charge on any atom is -0.493 e. The molecule has 2 heterocycles. The molecule has 134 valence electrons. The molecule has 1 aromatic carbocycles. The van der Waals surface area contributed by atoms with E-state index in [0.29, 0.717) is 18.4 Å². The van der Waals surface area contributed by atoms with Crippen molar-refractivity contribution in [1.29, 1.82) is 0 Å². The Morgan fingerprint density at radius 1 is 1.16 bits per heavy atom. The minimum absolute atomic E-state index is 0.372. The van der Waals surface area contributed by atoms with Gasteiger partial charge in [0, 0.05) is 24.9 Å². The monoisotopic (exact) mass is 343 g/mol. The molecule has 1 atom stereocenters. The highest BCUT2D eigenvalue weighted by atomic mass is 16.5. The molecular formula is C19H25N3O3. The molecule has 4 rings (SSSR count). The second-order valence-corrected chi connectivity index (χ2v) is 6.90. The first-order valence-electron chi connectivity index (χ1n) is 9.15. The van der Waals surface area contributed by atoms with E-state index in [1.807, 2.05) is 24.3 Å². The van der Waals surface area contributed by atoms with Gasteiger partial charge in [-0.1, -0.05) is 17.3 Å². The molecule has 2 aromatic rings. The smallest absolute Gasteiger partial charge is 0.229 e. The first-order chi connectivity index (χ1) is 12.3. The molecule has 6 heteroatoms. The van der Waals surface area contributed by atoms with Crippen LogP contribution in [0.4, 0.5) is 0 Å². The van der Waals surface area contributed by atoms with Gasteiger partial charge in [-0.2, -0.15) is 4.98 Å². The fourth-order valence-corrected chi connectivity index (χ4v) is 3.40. The van der Waals surface area contributed by atoms with Crippen molar-refractivity contribution >= 4 is 0 Å². The topological polar surface area (TPSA) is 60.6 Å². The third-order valence-electron chi connectivity index (χ3n) is 4.99. The maximum atomic E-state index is 5.90. The number of benzene rings is 1. The molecule has 2 aliphatic rings. The largest absolute Gasteiger partial charge is 0.493 e. The Bertz CT molecular complexity index is 699. The van der Waals surface area contributed by atoms with Gasteiger partial charge in [0.1, 0.15) is 6.61 Å². The number of ether oxygens (including phenoxy) is 2. The average molecular weight is 343 g/mol. The minimum atomic E-state index is 0.372. The first-order valence-corrected chi connectivity index (χ1v) is 9.15. The Kier molecular flexibility index (Phi) is 4.88. The number of rotatable bonds is 7. The summed E-state index contributed by atoms with van der Waals surface area (Å²) < 4.78 is 16.6. The number of nitrogens with zero attached hydrogens (tertiary/aromatic N) is 3. The SMILES string of the molecule is COc1ccccc1OCCN1CCC[C@@H](c2noc(C3CC3)n2)C1.